The Hall–Kier alpha value is -1.67. The fraction of sp³-hybridized carbons (Fsp3) is 0.474. The van der Waals surface area contributed by atoms with E-state index in [0.29, 0.717) is 44.4 Å². The number of nitrogens with zero attached hydrogens (tertiary/aromatic N) is 2. The second-order valence-corrected chi connectivity index (χ2v) is 7.72. The van der Waals surface area contributed by atoms with Crippen molar-refractivity contribution in [2.24, 2.45) is 0 Å². The molecule has 3 rings (SSSR count). The van der Waals surface area contributed by atoms with Crippen LogP contribution in [0.15, 0.2) is 47.8 Å². The Labute approximate surface area is 160 Å². The van der Waals surface area contributed by atoms with E-state index in [2.05, 4.69) is 0 Å². The molecule has 1 saturated heterocycles. The molecule has 1 aromatic rings. The Kier molecular flexibility index (Phi) is 6.37. The highest BCUT2D eigenvalue weighted by atomic mass is 32.2. The number of benzene rings is 1. The molecule has 3 nitrogen and oxygen atoms in total. The van der Waals surface area contributed by atoms with E-state index in [1.165, 1.54) is 36.0 Å². The average molecular weight is 402 g/mol. The van der Waals surface area contributed by atoms with E-state index < -0.39 is 17.1 Å². The number of ether oxygens (including phenoxy) is 1. The van der Waals surface area contributed by atoms with Gasteiger partial charge in [-0.3, -0.25) is 0 Å². The largest absolute Gasteiger partial charge is 0.416 e. The lowest BCUT2D eigenvalue weighted by Gasteiger charge is -2.43. The number of halogens is 4. The molecule has 0 spiro atoms. The summed E-state index contributed by atoms with van der Waals surface area (Å²) in [4.78, 5) is 3.84. The van der Waals surface area contributed by atoms with Crippen LogP contribution in [-0.4, -0.2) is 53.4 Å². The number of thioether (sulfide) groups is 1. The van der Waals surface area contributed by atoms with Gasteiger partial charge in [-0.25, -0.2) is 4.39 Å². The summed E-state index contributed by atoms with van der Waals surface area (Å²) in [7, 11) is 0. The molecule has 1 unspecified atom stereocenters. The standard InChI is InChI=1S/C19H22F4N2OS/c1-2-27-18-12-15(19(21,22)23)11-17(24-6-8-26-9-7-24)25(18)13-14-4-3-5-16(20)10-14/h3-5,10-12,18H,2,6-9,13H2,1H3. The van der Waals surface area contributed by atoms with E-state index in [1.54, 1.807) is 12.1 Å². The van der Waals surface area contributed by atoms with E-state index in [0.717, 1.165) is 5.56 Å². The minimum atomic E-state index is -4.41. The predicted octanol–water partition coefficient (Wildman–Crippen LogP) is 4.38. The molecule has 1 atom stereocenters. The lowest BCUT2D eigenvalue weighted by Crippen LogP contribution is -2.46. The molecular weight excluding hydrogens is 380 g/mol. The van der Waals surface area contributed by atoms with Gasteiger partial charge in [0.2, 0.25) is 0 Å². The highest BCUT2D eigenvalue weighted by molar-refractivity contribution is 7.99. The molecule has 0 aromatic heterocycles. The first-order valence-electron chi connectivity index (χ1n) is 8.84. The number of hydrogen-bond donors (Lipinski definition) is 0. The van der Waals surface area contributed by atoms with Gasteiger partial charge in [0, 0.05) is 19.6 Å². The summed E-state index contributed by atoms with van der Waals surface area (Å²) < 4.78 is 59.4. The Bertz CT molecular complexity index is 714. The summed E-state index contributed by atoms with van der Waals surface area (Å²) in [5, 5.41) is -0.474. The van der Waals surface area contributed by atoms with Crippen LogP contribution < -0.4 is 0 Å². The van der Waals surface area contributed by atoms with Gasteiger partial charge in [0.15, 0.2) is 0 Å². The van der Waals surface area contributed by atoms with E-state index in [9.17, 15) is 17.6 Å². The molecular formula is C19H22F4N2OS. The molecule has 0 amide bonds. The minimum Gasteiger partial charge on any atom is -0.378 e. The Morgan fingerprint density at radius 1 is 1.22 bits per heavy atom. The summed E-state index contributed by atoms with van der Waals surface area (Å²) in [6.07, 6.45) is -1.94. The van der Waals surface area contributed by atoms with Crippen molar-refractivity contribution >= 4 is 11.8 Å². The Morgan fingerprint density at radius 3 is 2.59 bits per heavy atom. The van der Waals surface area contributed by atoms with Crippen molar-refractivity contribution in [1.82, 2.24) is 9.80 Å². The lowest BCUT2D eigenvalue weighted by molar-refractivity contribution is -0.0897. The summed E-state index contributed by atoms with van der Waals surface area (Å²) >= 11 is 1.43. The lowest BCUT2D eigenvalue weighted by atomic mass is 10.1. The molecule has 0 aliphatic carbocycles. The monoisotopic (exact) mass is 402 g/mol. The van der Waals surface area contributed by atoms with E-state index >= 15 is 0 Å². The van der Waals surface area contributed by atoms with Crippen LogP contribution >= 0.6 is 11.8 Å². The van der Waals surface area contributed by atoms with Gasteiger partial charge in [0.25, 0.3) is 0 Å². The van der Waals surface area contributed by atoms with Gasteiger partial charge in [-0.1, -0.05) is 19.1 Å². The summed E-state index contributed by atoms with van der Waals surface area (Å²) in [6, 6.07) is 6.19. The normalized spacial score (nSPS) is 21.1. The second kappa shape index (κ2) is 8.56. The predicted molar refractivity (Wildman–Crippen MR) is 98.5 cm³/mol. The smallest absolute Gasteiger partial charge is 0.378 e. The van der Waals surface area contributed by atoms with E-state index in [4.69, 9.17) is 4.74 Å². The molecule has 2 heterocycles. The van der Waals surface area contributed by atoms with Gasteiger partial charge < -0.3 is 14.5 Å². The van der Waals surface area contributed by atoms with Crippen molar-refractivity contribution in [1.29, 1.82) is 0 Å². The zero-order valence-electron chi connectivity index (χ0n) is 15.0. The van der Waals surface area contributed by atoms with E-state index in [-0.39, 0.29) is 5.82 Å². The maximum atomic E-state index is 13.6. The molecule has 2 aliphatic heterocycles. The highest BCUT2D eigenvalue weighted by Crippen LogP contribution is 2.37. The zero-order valence-corrected chi connectivity index (χ0v) is 15.8. The molecule has 1 aromatic carbocycles. The average Bonchev–Trinajstić information content (AvgIpc) is 2.63. The Balaban J connectivity index is 1.97. The molecule has 2 aliphatic rings. The van der Waals surface area contributed by atoms with Gasteiger partial charge in [0.1, 0.15) is 11.6 Å². The van der Waals surface area contributed by atoms with Crippen LogP contribution in [-0.2, 0) is 11.3 Å². The third-order valence-corrected chi connectivity index (χ3v) is 5.52. The van der Waals surface area contributed by atoms with Crippen LogP contribution in [0.5, 0.6) is 0 Å². The van der Waals surface area contributed by atoms with Crippen LogP contribution in [0.1, 0.15) is 12.5 Å². The van der Waals surface area contributed by atoms with Crippen molar-refractivity contribution in [2.45, 2.75) is 25.0 Å². The van der Waals surface area contributed by atoms with Crippen molar-refractivity contribution in [3.05, 3.63) is 59.2 Å². The second-order valence-electron chi connectivity index (χ2n) is 6.33. The SMILES string of the molecule is CCSC1C=C(C(F)(F)F)C=C(N2CCOCC2)N1Cc1cccc(F)c1. The fourth-order valence-corrected chi connectivity index (χ4v) is 4.14. The number of allylic oxidation sites excluding steroid dienone is 2. The molecule has 148 valence electrons. The fourth-order valence-electron chi connectivity index (χ4n) is 3.20. The van der Waals surface area contributed by atoms with Gasteiger partial charge in [0.05, 0.1) is 24.2 Å². The summed E-state index contributed by atoms with van der Waals surface area (Å²) in [6.45, 7) is 4.25. The number of alkyl halides is 3. The first kappa shape index (κ1) is 20.1. The van der Waals surface area contributed by atoms with Crippen molar-refractivity contribution < 1.29 is 22.3 Å². The molecule has 0 bridgehead atoms. The third kappa shape index (κ3) is 4.99. The van der Waals surface area contributed by atoms with Crippen LogP contribution in [0, 0.1) is 5.82 Å². The number of hydrogen-bond acceptors (Lipinski definition) is 4. The van der Waals surface area contributed by atoms with Gasteiger partial charge in [-0.05, 0) is 35.6 Å². The number of rotatable bonds is 5. The minimum absolute atomic E-state index is 0.334. The van der Waals surface area contributed by atoms with E-state index in [1.807, 2.05) is 16.7 Å². The topological polar surface area (TPSA) is 15.7 Å². The van der Waals surface area contributed by atoms with Gasteiger partial charge in [-0.2, -0.15) is 13.2 Å². The summed E-state index contributed by atoms with van der Waals surface area (Å²) in [5.74, 6) is 0.832. The molecule has 8 heteroatoms. The number of morpholine rings is 1. The molecule has 0 saturated carbocycles. The van der Waals surface area contributed by atoms with Crippen LogP contribution in [0.4, 0.5) is 17.6 Å². The highest BCUT2D eigenvalue weighted by Gasteiger charge is 2.38. The van der Waals surface area contributed by atoms with Crippen molar-refractivity contribution in [2.75, 3.05) is 32.1 Å². The zero-order chi connectivity index (χ0) is 19.4. The molecule has 27 heavy (non-hydrogen) atoms. The summed E-state index contributed by atoms with van der Waals surface area (Å²) in [5.41, 5.74) is 0.0881. The maximum absolute atomic E-state index is 13.6. The van der Waals surface area contributed by atoms with Crippen LogP contribution in [0.25, 0.3) is 0 Å². The van der Waals surface area contributed by atoms with Crippen molar-refractivity contribution in [3.8, 4) is 0 Å². The molecule has 0 N–H and O–H groups in total. The van der Waals surface area contributed by atoms with Gasteiger partial charge in [-0.15, -0.1) is 11.8 Å². The first-order valence-corrected chi connectivity index (χ1v) is 9.89. The molecule has 0 radical (unpaired) electrons. The quantitative estimate of drug-likeness (QED) is 0.679. The van der Waals surface area contributed by atoms with Gasteiger partial charge >= 0.3 is 6.18 Å². The first-order chi connectivity index (χ1) is 12.9. The van der Waals surface area contributed by atoms with Crippen molar-refractivity contribution in [3.63, 3.8) is 0 Å². The van der Waals surface area contributed by atoms with Crippen LogP contribution in [0.2, 0.25) is 0 Å². The Morgan fingerprint density at radius 2 is 1.96 bits per heavy atom. The molecule has 1 fully saturated rings. The maximum Gasteiger partial charge on any atom is 0.416 e. The third-order valence-electron chi connectivity index (χ3n) is 4.45. The van der Waals surface area contributed by atoms with Crippen LogP contribution in [0.3, 0.4) is 0 Å².